The van der Waals surface area contributed by atoms with Gasteiger partial charge in [-0.25, -0.2) is 8.42 Å². The smallest absolute Gasteiger partial charge is 0.243 e. The molecule has 0 unspecified atom stereocenters. The van der Waals surface area contributed by atoms with Crippen LogP contribution in [0.2, 0.25) is 5.02 Å². The first kappa shape index (κ1) is 18.9. The van der Waals surface area contributed by atoms with Crippen molar-refractivity contribution in [3.63, 3.8) is 0 Å². The number of sulfonamides is 1. The third-order valence-electron chi connectivity index (χ3n) is 4.57. The van der Waals surface area contributed by atoms with E-state index in [1.54, 1.807) is 0 Å². The van der Waals surface area contributed by atoms with Gasteiger partial charge in [-0.05, 0) is 62.6 Å². The van der Waals surface area contributed by atoms with Gasteiger partial charge in [-0.2, -0.15) is 4.31 Å². The predicted octanol–water partition coefficient (Wildman–Crippen LogP) is 3.75. The Kier molecular flexibility index (Phi) is 5.37. The van der Waals surface area contributed by atoms with Crippen molar-refractivity contribution in [3.05, 3.63) is 58.6 Å². The fourth-order valence-corrected chi connectivity index (χ4v) is 4.98. The number of rotatable bonds is 4. The molecule has 0 spiro atoms. The Morgan fingerprint density at radius 2 is 1.85 bits per heavy atom. The highest BCUT2D eigenvalue weighted by atomic mass is 35.5. The van der Waals surface area contributed by atoms with Crippen molar-refractivity contribution in [2.75, 3.05) is 11.9 Å². The molecule has 1 amide bonds. The van der Waals surface area contributed by atoms with Crippen molar-refractivity contribution in [3.8, 4) is 0 Å². The van der Waals surface area contributed by atoms with E-state index in [9.17, 15) is 13.2 Å². The standard InChI is InChI=1S/C19H21ClN2O3S/c1-13-5-10-17(14(2)12-13)21-19(23)18-4-3-11-22(18)26(24,25)16-8-6-15(20)7-9-16/h5-10,12,18H,3-4,11H2,1-2H3,(H,21,23)/t18-/m1/s1. The van der Waals surface area contributed by atoms with Crippen molar-refractivity contribution in [2.45, 2.75) is 37.6 Å². The average Bonchev–Trinajstić information content (AvgIpc) is 3.08. The van der Waals surface area contributed by atoms with E-state index in [2.05, 4.69) is 5.32 Å². The van der Waals surface area contributed by atoms with Gasteiger partial charge >= 0.3 is 0 Å². The molecule has 1 heterocycles. The van der Waals surface area contributed by atoms with Gasteiger partial charge in [-0.3, -0.25) is 4.79 Å². The molecule has 26 heavy (non-hydrogen) atoms. The SMILES string of the molecule is Cc1ccc(NC(=O)[C@H]2CCCN2S(=O)(=O)c2ccc(Cl)cc2)c(C)c1. The highest BCUT2D eigenvalue weighted by Crippen LogP contribution is 2.28. The lowest BCUT2D eigenvalue weighted by Crippen LogP contribution is -2.43. The Balaban J connectivity index is 1.83. The van der Waals surface area contributed by atoms with Crippen LogP contribution in [0.15, 0.2) is 47.4 Å². The molecule has 2 aromatic carbocycles. The van der Waals surface area contributed by atoms with E-state index in [0.29, 0.717) is 30.1 Å². The number of amides is 1. The second-order valence-electron chi connectivity index (χ2n) is 6.54. The van der Waals surface area contributed by atoms with E-state index < -0.39 is 16.1 Å². The number of hydrogen-bond acceptors (Lipinski definition) is 3. The monoisotopic (exact) mass is 392 g/mol. The van der Waals surface area contributed by atoms with Crippen LogP contribution in [0.5, 0.6) is 0 Å². The number of anilines is 1. The van der Waals surface area contributed by atoms with Crippen LogP contribution in [0.1, 0.15) is 24.0 Å². The molecule has 0 bridgehead atoms. The number of benzene rings is 2. The summed E-state index contributed by atoms with van der Waals surface area (Å²) in [6, 6.07) is 11.0. The van der Waals surface area contributed by atoms with Gasteiger partial charge in [-0.1, -0.05) is 29.3 Å². The Morgan fingerprint density at radius 3 is 2.50 bits per heavy atom. The summed E-state index contributed by atoms with van der Waals surface area (Å²) in [5.41, 5.74) is 2.76. The van der Waals surface area contributed by atoms with Crippen LogP contribution < -0.4 is 5.32 Å². The molecular formula is C19H21ClN2O3S. The van der Waals surface area contributed by atoms with Crippen molar-refractivity contribution >= 4 is 33.2 Å². The van der Waals surface area contributed by atoms with Crippen molar-refractivity contribution in [2.24, 2.45) is 0 Å². The Bertz CT molecular complexity index is 926. The van der Waals surface area contributed by atoms with Crippen LogP contribution in [-0.4, -0.2) is 31.2 Å². The van der Waals surface area contributed by atoms with Gasteiger partial charge in [0.2, 0.25) is 15.9 Å². The molecule has 1 saturated heterocycles. The van der Waals surface area contributed by atoms with Crippen LogP contribution >= 0.6 is 11.6 Å². The summed E-state index contributed by atoms with van der Waals surface area (Å²) in [5, 5.41) is 3.34. The molecule has 1 atom stereocenters. The molecule has 5 nitrogen and oxygen atoms in total. The lowest BCUT2D eigenvalue weighted by Gasteiger charge is -2.24. The quantitative estimate of drug-likeness (QED) is 0.861. The predicted molar refractivity (Wildman–Crippen MR) is 103 cm³/mol. The molecule has 0 radical (unpaired) electrons. The minimum Gasteiger partial charge on any atom is -0.324 e. The van der Waals surface area contributed by atoms with Crippen molar-refractivity contribution in [1.82, 2.24) is 4.31 Å². The van der Waals surface area contributed by atoms with Crippen molar-refractivity contribution in [1.29, 1.82) is 0 Å². The molecule has 0 aromatic heterocycles. The molecule has 1 aliphatic rings. The second-order valence-corrected chi connectivity index (χ2v) is 8.86. The summed E-state index contributed by atoms with van der Waals surface area (Å²) in [4.78, 5) is 12.9. The molecule has 3 rings (SSSR count). The van der Waals surface area contributed by atoms with E-state index in [1.807, 2.05) is 32.0 Å². The first-order valence-electron chi connectivity index (χ1n) is 8.44. The highest BCUT2D eigenvalue weighted by Gasteiger charge is 2.39. The maximum atomic E-state index is 12.9. The number of hydrogen-bond donors (Lipinski definition) is 1. The maximum absolute atomic E-state index is 12.9. The summed E-state index contributed by atoms with van der Waals surface area (Å²) < 4.78 is 27.1. The van der Waals surface area contributed by atoms with Crippen LogP contribution in [-0.2, 0) is 14.8 Å². The summed E-state index contributed by atoms with van der Waals surface area (Å²) in [5.74, 6) is -0.299. The summed E-state index contributed by atoms with van der Waals surface area (Å²) in [6.45, 7) is 4.23. The fourth-order valence-electron chi connectivity index (χ4n) is 3.20. The van der Waals surface area contributed by atoms with Gasteiger partial charge in [-0.15, -0.1) is 0 Å². The lowest BCUT2D eigenvalue weighted by atomic mass is 10.1. The zero-order valence-corrected chi connectivity index (χ0v) is 16.3. The second kappa shape index (κ2) is 7.39. The van der Waals surface area contributed by atoms with Gasteiger partial charge in [0.1, 0.15) is 6.04 Å². The highest BCUT2D eigenvalue weighted by molar-refractivity contribution is 7.89. The van der Waals surface area contributed by atoms with E-state index in [4.69, 9.17) is 11.6 Å². The van der Waals surface area contributed by atoms with Crippen LogP contribution in [0.3, 0.4) is 0 Å². The topological polar surface area (TPSA) is 66.5 Å². The Labute approximate surface area is 159 Å². The zero-order valence-electron chi connectivity index (χ0n) is 14.7. The number of nitrogens with zero attached hydrogens (tertiary/aromatic N) is 1. The number of nitrogens with one attached hydrogen (secondary N) is 1. The largest absolute Gasteiger partial charge is 0.324 e. The number of halogens is 1. The Hall–Kier alpha value is -1.89. The van der Waals surface area contributed by atoms with Gasteiger partial charge in [0.05, 0.1) is 4.90 Å². The van der Waals surface area contributed by atoms with E-state index in [1.165, 1.54) is 28.6 Å². The lowest BCUT2D eigenvalue weighted by molar-refractivity contribution is -0.119. The molecule has 1 aliphatic heterocycles. The number of carbonyl (C=O) groups is 1. The minimum absolute atomic E-state index is 0.146. The summed E-state index contributed by atoms with van der Waals surface area (Å²) >= 11 is 5.84. The molecule has 2 aromatic rings. The molecule has 1 fully saturated rings. The first-order chi connectivity index (χ1) is 12.3. The summed E-state index contributed by atoms with van der Waals surface area (Å²) in [6.07, 6.45) is 1.15. The van der Waals surface area contributed by atoms with E-state index in [-0.39, 0.29) is 10.8 Å². The third kappa shape index (κ3) is 3.77. The van der Waals surface area contributed by atoms with Gasteiger partial charge < -0.3 is 5.32 Å². The zero-order chi connectivity index (χ0) is 18.9. The number of carbonyl (C=O) groups excluding carboxylic acids is 1. The van der Waals surface area contributed by atoms with E-state index in [0.717, 1.165) is 11.1 Å². The Morgan fingerprint density at radius 1 is 1.15 bits per heavy atom. The maximum Gasteiger partial charge on any atom is 0.243 e. The van der Waals surface area contributed by atoms with Crippen LogP contribution in [0.25, 0.3) is 0 Å². The third-order valence-corrected chi connectivity index (χ3v) is 6.74. The van der Waals surface area contributed by atoms with E-state index >= 15 is 0 Å². The first-order valence-corrected chi connectivity index (χ1v) is 10.3. The summed E-state index contributed by atoms with van der Waals surface area (Å²) in [7, 11) is -3.74. The molecule has 7 heteroatoms. The molecule has 138 valence electrons. The molecule has 1 N–H and O–H groups in total. The van der Waals surface area contributed by atoms with Gasteiger partial charge in [0, 0.05) is 17.3 Å². The van der Waals surface area contributed by atoms with Gasteiger partial charge in [0.15, 0.2) is 0 Å². The number of aryl methyl sites for hydroxylation is 2. The average molecular weight is 393 g/mol. The van der Waals surface area contributed by atoms with Crippen molar-refractivity contribution < 1.29 is 13.2 Å². The van der Waals surface area contributed by atoms with Crippen LogP contribution in [0.4, 0.5) is 5.69 Å². The molecular weight excluding hydrogens is 372 g/mol. The fraction of sp³-hybridized carbons (Fsp3) is 0.316. The van der Waals surface area contributed by atoms with Gasteiger partial charge in [0.25, 0.3) is 0 Å². The normalized spacial score (nSPS) is 18.0. The molecule has 0 aliphatic carbocycles. The minimum atomic E-state index is -3.74. The molecule has 0 saturated carbocycles. The van der Waals surface area contributed by atoms with Crippen LogP contribution in [0, 0.1) is 13.8 Å².